The Bertz CT molecular complexity index is 1390. The van der Waals surface area contributed by atoms with Gasteiger partial charge in [0.2, 0.25) is 5.91 Å². The Morgan fingerprint density at radius 1 is 0.921 bits per heavy atom. The van der Waals surface area contributed by atoms with Gasteiger partial charge in [-0.3, -0.25) is 9.10 Å². The fourth-order valence-corrected chi connectivity index (χ4v) is 5.82. The summed E-state index contributed by atoms with van der Waals surface area (Å²) in [6.07, 6.45) is 0. The van der Waals surface area contributed by atoms with Crippen LogP contribution in [0.5, 0.6) is 11.5 Å². The maximum absolute atomic E-state index is 13.7. The zero-order chi connectivity index (χ0) is 26.7. The Hall–Kier alpha value is -3.83. The molecule has 1 saturated heterocycles. The SMILES string of the molecule is CN1CCN(c2ccc(NC(=O)CN(c3ccc(F)cc3)S(=O)(=O)c3ccc4c(c3)OCCO4)cc2)CC1. The quantitative estimate of drug-likeness (QED) is 0.492. The van der Waals surface area contributed by atoms with Crippen LogP contribution >= 0.6 is 0 Å². The van der Waals surface area contributed by atoms with E-state index in [0.29, 0.717) is 30.4 Å². The second-order valence-electron chi connectivity index (χ2n) is 9.18. The molecule has 0 radical (unpaired) electrons. The van der Waals surface area contributed by atoms with E-state index in [-0.39, 0.29) is 10.6 Å². The number of benzene rings is 3. The van der Waals surface area contributed by atoms with Crippen LogP contribution in [0, 0.1) is 5.82 Å². The van der Waals surface area contributed by atoms with Crippen LogP contribution in [0.4, 0.5) is 21.5 Å². The van der Waals surface area contributed by atoms with Gasteiger partial charge in [0.15, 0.2) is 11.5 Å². The molecule has 0 aliphatic carbocycles. The third-order valence-electron chi connectivity index (χ3n) is 6.52. The fraction of sp³-hybridized carbons (Fsp3) is 0.296. The molecular formula is C27H29FN4O5S. The lowest BCUT2D eigenvalue weighted by Gasteiger charge is -2.34. The number of nitrogens with zero attached hydrogens (tertiary/aromatic N) is 3. The molecule has 9 nitrogen and oxygen atoms in total. The molecule has 0 atom stereocenters. The highest BCUT2D eigenvalue weighted by Crippen LogP contribution is 2.34. The number of ether oxygens (including phenoxy) is 2. The van der Waals surface area contributed by atoms with Crippen molar-refractivity contribution >= 4 is 33.0 Å². The lowest BCUT2D eigenvalue weighted by molar-refractivity contribution is -0.114. The largest absolute Gasteiger partial charge is 0.486 e. The average Bonchev–Trinajstić information content (AvgIpc) is 2.93. The number of nitrogens with one attached hydrogen (secondary N) is 1. The predicted molar refractivity (Wildman–Crippen MR) is 143 cm³/mol. The minimum Gasteiger partial charge on any atom is -0.486 e. The van der Waals surface area contributed by atoms with E-state index in [2.05, 4.69) is 22.2 Å². The normalized spacial score (nSPS) is 15.7. The Balaban J connectivity index is 1.35. The average molecular weight is 541 g/mol. The van der Waals surface area contributed by atoms with Gasteiger partial charge in [0, 0.05) is 43.6 Å². The van der Waals surface area contributed by atoms with Crippen molar-refractivity contribution in [3.63, 3.8) is 0 Å². The molecule has 2 aliphatic heterocycles. The van der Waals surface area contributed by atoms with E-state index in [0.717, 1.165) is 48.3 Å². The van der Waals surface area contributed by atoms with Crippen LogP contribution in [0.3, 0.4) is 0 Å². The van der Waals surface area contributed by atoms with E-state index in [9.17, 15) is 17.6 Å². The van der Waals surface area contributed by atoms with E-state index >= 15 is 0 Å². The molecule has 0 saturated carbocycles. The second kappa shape index (κ2) is 10.9. The van der Waals surface area contributed by atoms with Gasteiger partial charge in [-0.2, -0.15) is 0 Å². The van der Waals surface area contributed by atoms with Gasteiger partial charge in [-0.15, -0.1) is 0 Å². The van der Waals surface area contributed by atoms with Crippen molar-refractivity contribution in [3.05, 3.63) is 72.5 Å². The van der Waals surface area contributed by atoms with E-state index in [4.69, 9.17) is 9.47 Å². The first kappa shape index (κ1) is 25.8. The van der Waals surface area contributed by atoms with Crippen molar-refractivity contribution in [2.75, 3.05) is 67.5 Å². The molecule has 2 heterocycles. The minimum atomic E-state index is -4.21. The fourth-order valence-electron chi connectivity index (χ4n) is 4.38. The molecular weight excluding hydrogens is 511 g/mol. The first-order valence-corrected chi connectivity index (χ1v) is 13.7. The monoisotopic (exact) mass is 540 g/mol. The molecule has 1 amide bonds. The van der Waals surface area contributed by atoms with Crippen molar-refractivity contribution in [3.8, 4) is 11.5 Å². The number of likely N-dealkylation sites (N-methyl/N-ethyl adjacent to an activating group) is 1. The molecule has 0 aromatic heterocycles. The summed E-state index contributed by atoms with van der Waals surface area (Å²) in [7, 11) is -2.11. The summed E-state index contributed by atoms with van der Waals surface area (Å²) in [5, 5.41) is 2.77. The Morgan fingerprint density at radius 3 is 2.26 bits per heavy atom. The number of hydrogen-bond acceptors (Lipinski definition) is 7. The van der Waals surface area contributed by atoms with Gasteiger partial charge in [0.25, 0.3) is 10.0 Å². The van der Waals surface area contributed by atoms with Crippen molar-refractivity contribution < 1.29 is 27.1 Å². The second-order valence-corrected chi connectivity index (χ2v) is 11.0. The van der Waals surface area contributed by atoms with Crippen molar-refractivity contribution in [2.24, 2.45) is 0 Å². The highest BCUT2D eigenvalue weighted by molar-refractivity contribution is 7.92. The number of anilines is 3. The topological polar surface area (TPSA) is 91.4 Å². The molecule has 38 heavy (non-hydrogen) atoms. The van der Waals surface area contributed by atoms with Crippen molar-refractivity contribution in [2.45, 2.75) is 4.90 Å². The van der Waals surface area contributed by atoms with Gasteiger partial charge < -0.3 is 24.6 Å². The number of sulfonamides is 1. The van der Waals surface area contributed by atoms with Crippen LogP contribution in [-0.2, 0) is 14.8 Å². The predicted octanol–water partition coefficient (Wildman–Crippen LogP) is 3.18. The number of carbonyl (C=O) groups excluding carboxylic acids is 1. The molecule has 0 bridgehead atoms. The minimum absolute atomic E-state index is 0.0737. The third kappa shape index (κ3) is 5.68. The molecule has 3 aromatic rings. The standard InChI is InChI=1S/C27H29FN4O5S/c1-30-12-14-31(15-13-30)22-8-4-21(5-9-22)29-27(33)19-32(23-6-2-20(28)3-7-23)38(34,35)24-10-11-25-26(18-24)37-17-16-36-25/h2-11,18H,12-17,19H2,1H3,(H,29,33). The summed E-state index contributed by atoms with van der Waals surface area (Å²) in [4.78, 5) is 17.5. The molecule has 1 fully saturated rings. The van der Waals surface area contributed by atoms with Gasteiger partial charge in [0.1, 0.15) is 25.6 Å². The molecule has 11 heteroatoms. The van der Waals surface area contributed by atoms with Gasteiger partial charge in [0.05, 0.1) is 10.6 Å². The summed E-state index contributed by atoms with van der Waals surface area (Å²) < 4.78 is 52.9. The molecule has 2 aliphatic rings. The van der Waals surface area contributed by atoms with E-state index < -0.39 is 28.3 Å². The summed E-state index contributed by atoms with van der Waals surface area (Å²) in [5.74, 6) is -0.305. The summed E-state index contributed by atoms with van der Waals surface area (Å²) in [6.45, 7) is 3.97. The van der Waals surface area contributed by atoms with Crippen LogP contribution in [-0.4, -0.2) is 72.2 Å². The van der Waals surface area contributed by atoms with E-state index in [1.165, 1.54) is 30.3 Å². The molecule has 1 N–H and O–H groups in total. The highest BCUT2D eigenvalue weighted by atomic mass is 32.2. The van der Waals surface area contributed by atoms with Crippen LogP contribution < -0.4 is 24.0 Å². The maximum Gasteiger partial charge on any atom is 0.264 e. The van der Waals surface area contributed by atoms with Gasteiger partial charge in [-0.25, -0.2) is 12.8 Å². The molecule has 200 valence electrons. The summed E-state index contributed by atoms with van der Waals surface area (Å²) >= 11 is 0. The van der Waals surface area contributed by atoms with Crippen molar-refractivity contribution in [1.29, 1.82) is 0 Å². The van der Waals surface area contributed by atoms with Gasteiger partial charge >= 0.3 is 0 Å². The first-order valence-electron chi connectivity index (χ1n) is 12.3. The highest BCUT2D eigenvalue weighted by Gasteiger charge is 2.29. The molecule has 0 spiro atoms. The lowest BCUT2D eigenvalue weighted by Crippen LogP contribution is -2.44. The van der Waals surface area contributed by atoms with Crippen LogP contribution in [0.2, 0.25) is 0 Å². The number of piperazine rings is 1. The van der Waals surface area contributed by atoms with E-state index in [1.807, 2.05) is 12.1 Å². The first-order chi connectivity index (χ1) is 18.3. The Morgan fingerprint density at radius 2 is 1.58 bits per heavy atom. The van der Waals surface area contributed by atoms with Gasteiger partial charge in [-0.1, -0.05) is 0 Å². The number of halogens is 1. The zero-order valence-corrected chi connectivity index (χ0v) is 21.8. The number of fused-ring (bicyclic) bond motifs is 1. The smallest absolute Gasteiger partial charge is 0.264 e. The van der Waals surface area contributed by atoms with Gasteiger partial charge in [-0.05, 0) is 67.7 Å². The summed E-state index contributed by atoms with van der Waals surface area (Å²) in [6, 6.07) is 16.7. The van der Waals surface area contributed by atoms with Crippen LogP contribution in [0.25, 0.3) is 0 Å². The number of rotatable bonds is 7. The maximum atomic E-state index is 13.7. The molecule has 5 rings (SSSR count). The van der Waals surface area contributed by atoms with E-state index in [1.54, 1.807) is 12.1 Å². The third-order valence-corrected chi connectivity index (χ3v) is 8.29. The van der Waals surface area contributed by atoms with Crippen LogP contribution in [0.1, 0.15) is 0 Å². The Kier molecular flexibility index (Phi) is 7.39. The van der Waals surface area contributed by atoms with Crippen molar-refractivity contribution in [1.82, 2.24) is 4.90 Å². The molecule has 0 unspecified atom stereocenters. The zero-order valence-electron chi connectivity index (χ0n) is 21.0. The Labute approximate surface area is 221 Å². The number of hydrogen-bond donors (Lipinski definition) is 1. The summed E-state index contributed by atoms with van der Waals surface area (Å²) in [5.41, 5.74) is 1.76. The number of amides is 1. The van der Waals surface area contributed by atoms with Crippen LogP contribution in [0.15, 0.2) is 71.6 Å². The lowest BCUT2D eigenvalue weighted by atomic mass is 10.2. The molecule has 3 aromatic carbocycles. The number of carbonyl (C=O) groups is 1.